The van der Waals surface area contributed by atoms with Crippen molar-refractivity contribution in [3.8, 4) is 0 Å². The third-order valence-corrected chi connectivity index (χ3v) is 7.25. The van der Waals surface area contributed by atoms with Crippen molar-refractivity contribution in [2.45, 2.75) is 43.4 Å². The summed E-state index contributed by atoms with van der Waals surface area (Å²) in [6.07, 6.45) is 7.72. The summed E-state index contributed by atoms with van der Waals surface area (Å²) in [7, 11) is -3.44. The van der Waals surface area contributed by atoms with E-state index in [0.29, 0.717) is 49.2 Å². The number of H-pyrrole nitrogens is 1. The van der Waals surface area contributed by atoms with E-state index in [2.05, 4.69) is 27.0 Å². The van der Waals surface area contributed by atoms with Gasteiger partial charge in [0.1, 0.15) is 10.6 Å². The highest BCUT2D eigenvalue weighted by Crippen LogP contribution is 2.33. The molecule has 0 radical (unpaired) electrons. The second-order valence-corrected chi connectivity index (χ2v) is 10.4. The average molecular weight is 433 g/mol. The number of hydrogen-bond donors (Lipinski definition) is 1. The van der Waals surface area contributed by atoms with Crippen LogP contribution in [0.4, 0.5) is 5.95 Å². The number of nitrogens with zero attached hydrogens (tertiary/aromatic N) is 5. The highest BCUT2D eigenvalue weighted by molar-refractivity contribution is 7.90. The molecule has 1 amide bonds. The van der Waals surface area contributed by atoms with Gasteiger partial charge in [-0.3, -0.25) is 9.89 Å². The summed E-state index contributed by atoms with van der Waals surface area (Å²) in [4.78, 5) is 25.8. The number of piperidine rings is 2. The molecule has 2 aliphatic rings. The molecular formula is C20H28N6O3S. The summed E-state index contributed by atoms with van der Waals surface area (Å²) < 4.78 is 24.8. The van der Waals surface area contributed by atoms with E-state index in [1.54, 1.807) is 17.2 Å². The predicted octanol–water partition coefficient (Wildman–Crippen LogP) is 1.86. The Hall–Kier alpha value is -2.49. The van der Waals surface area contributed by atoms with Crippen molar-refractivity contribution in [3.05, 3.63) is 29.8 Å². The molecule has 2 saturated heterocycles. The fourth-order valence-corrected chi connectivity index (χ4v) is 5.05. The second-order valence-electron chi connectivity index (χ2n) is 8.40. The largest absolute Gasteiger partial charge is 0.341 e. The lowest BCUT2D eigenvalue weighted by Gasteiger charge is -2.33. The van der Waals surface area contributed by atoms with Gasteiger partial charge in [-0.05, 0) is 37.7 Å². The maximum atomic E-state index is 12.5. The number of aromatic amines is 1. The molecule has 0 unspecified atom stereocenters. The SMILES string of the molecule is CC1CCN(c2ncc(S(C)(=O)=O)c(C3CCN(C(=O)c4ccn[nH]4)CC3)n2)CC1. The number of hydrogen-bond acceptors (Lipinski definition) is 7. The van der Waals surface area contributed by atoms with Gasteiger partial charge in [0.25, 0.3) is 5.91 Å². The molecule has 4 rings (SSSR count). The lowest BCUT2D eigenvalue weighted by molar-refractivity contribution is 0.0705. The van der Waals surface area contributed by atoms with Crippen LogP contribution in [0.5, 0.6) is 0 Å². The summed E-state index contributed by atoms with van der Waals surface area (Å²) in [5.74, 6) is 1.19. The van der Waals surface area contributed by atoms with Crippen LogP contribution in [0.3, 0.4) is 0 Å². The molecule has 0 spiro atoms. The van der Waals surface area contributed by atoms with Gasteiger partial charge in [0, 0.05) is 44.5 Å². The maximum Gasteiger partial charge on any atom is 0.271 e. The molecule has 1 N–H and O–H groups in total. The highest BCUT2D eigenvalue weighted by atomic mass is 32.2. The molecule has 0 bridgehead atoms. The lowest BCUT2D eigenvalue weighted by Crippen LogP contribution is -2.39. The van der Waals surface area contributed by atoms with E-state index >= 15 is 0 Å². The molecule has 0 aliphatic carbocycles. The Morgan fingerprint density at radius 1 is 1.13 bits per heavy atom. The van der Waals surface area contributed by atoms with Gasteiger partial charge in [0.05, 0.1) is 11.9 Å². The zero-order valence-corrected chi connectivity index (χ0v) is 18.2. The van der Waals surface area contributed by atoms with Crippen molar-refractivity contribution in [1.82, 2.24) is 25.1 Å². The molecule has 9 nitrogen and oxygen atoms in total. The lowest BCUT2D eigenvalue weighted by atomic mass is 9.93. The number of carbonyl (C=O) groups excluding carboxylic acids is 1. The van der Waals surface area contributed by atoms with Crippen LogP contribution in [0, 0.1) is 5.92 Å². The van der Waals surface area contributed by atoms with Crippen molar-refractivity contribution >= 4 is 21.7 Å². The minimum atomic E-state index is -3.44. The van der Waals surface area contributed by atoms with Crippen LogP contribution >= 0.6 is 0 Å². The van der Waals surface area contributed by atoms with Crippen LogP contribution in [0.1, 0.15) is 54.7 Å². The normalized spacial score (nSPS) is 19.3. The number of sulfone groups is 1. The van der Waals surface area contributed by atoms with Crippen molar-refractivity contribution in [2.75, 3.05) is 37.3 Å². The van der Waals surface area contributed by atoms with Gasteiger partial charge in [0.15, 0.2) is 9.84 Å². The summed E-state index contributed by atoms with van der Waals surface area (Å²) in [6.45, 7) is 5.11. The standard InChI is InChI=1S/C20H28N6O3S/c1-14-4-9-26(10-5-14)20-21-13-17(30(2,28)29)18(23-20)15-6-11-25(12-7-15)19(27)16-3-8-22-24-16/h3,8,13-15H,4-7,9-12H2,1-2H3,(H,22,24). The highest BCUT2D eigenvalue weighted by Gasteiger charge is 2.31. The molecule has 2 fully saturated rings. The Labute approximate surface area is 176 Å². The Balaban J connectivity index is 1.55. The van der Waals surface area contributed by atoms with Gasteiger partial charge in [-0.15, -0.1) is 0 Å². The smallest absolute Gasteiger partial charge is 0.271 e. The minimum Gasteiger partial charge on any atom is -0.341 e. The first-order valence-electron chi connectivity index (χ1n) is 10.4. The summed E-state index contributed by atoms with van der Waals surface area (Å²) in [5.41, 5.74) is 1.06. The van der Waals surface area contributed by atoms with Crippen LogP contribution in [0.15, 0.2) is 23.4 Å². The number of carbonyl (C=O) groups is 1. The molecule has 0 saturated carbocycles. The molecule has 30 heavy (non-hydrogen) atoms. The molecule has 0 atom stereocenters. The zero-order valence-electron chi connectivity index (χ0n) is 17.4. The van der Waals surface area contributed by atoms with Gasteiger partial charge in [0.2, 0.25) is 5.95 Å². The van der Waals surface area contributed by atoms with Crippen molar-refractivity contribution in [2.24, 2.45) is 5.92 Å². The Bertz CT molecular complexity index is 992. The Morgan fingerprint density at radius 2 is 1.83 bits per heavy atom. The maximum absolute atomic E-state index is 12.5. The molecule has 2 aromatic rings. The number of aromatic nitrogens is 4. The van der Waals surface area contributed by atoms with Crippen LogP contribution in [0.25, 0.3) is 0 Å². The van der Waals surface area contributed by atoms with Crippen LogP contribution in [-0.2, 0) is 9.84 Å². The van der Waals surface area contributed by atoms with Gasteiger partial charge >= 0.3 is 0 Å². The molecular weight excluding hydrogens is 404 g/mol. The quantitative estimate of drug-likeness (QED) is 0.785. The van der Waals surface area contributed by atoms with Gasteiger partial charge < -0.3 is 9.80 Å². The fraction of sp³-hybridized carbons (Fsp3) is 0.600. The Kier molecular flexibility index (Phi) is 5.77. The van der Waals surface area contributed by atoms with Crippen LogP contribution in [-0.4, -0.2) is 71.8 Å². The fourth-order valence-electron chi connectivity index (χ4n) is 4.21. The first-order chi connectivity index (χ1) is 14.3. The van der Waals surface area contributed by atoms with E-state index in [4.69, 9.17) is 4.98 Å². The number of nitrogens with one attached hydrogen (secondary N) is 1. The molecule has 0 aromatic carbocycles. The van der Waals surface area contributed by atoms with E-state index < -0.39 is 9.84 Å². The molecule has 10 heteroatoms. The minimum absolute atomic E-state index is 0.0222. The molecule has 2 aromatic heterocycles. The van der Waals surface area contributed by atoms with Crippen molar-refractivity contribution in [3.63, 3.8) is 0 Å². The van der Waals surface area contributed by atoms with Crippen LogP contribution < -0.4 is 4.90 Å². The molecule has 2 aliphatic heterocycles. The van der Waals surface area contributed by atoms with E-state index in [0.717, 1.165) is 25.9 Å². The summed E-state index contributed by atoms with van der Waals surface area (Å²) in [5, 5.41) is 6.54. The monoisotopic (exact) mass is 432 g/mol. The molecule has 4 heterocycles. The van der Waals surface area contributed by atoms with E-state index in [1.165, 1.54) is 12.5 Å². The number of likely N-dealkylation sites (tertiary alicyclic amines) is 1. The summed E-state index contributed by atoms with van der Waals surface area (Å²) >= 11 is 0. The number of amides is 1. The van der Waals surface area contributed by atoms with Crippen molar-refractivity contribution in [1.29, 1.82) is 0 Å². The number of rotatable bonds is 4. The first-order valence-corrected chi connectivity index (χ1v) is 12.3. The number of anilines is 1. The molecule has 162 valence electrons. The van der Waals surface area contributed by atoms with E-state index in [-0.39, 0.29) is 16.7 Å². The first kappa shape index (κ1) is 20.8. The summed E-state index contributed by atoms with van der Waals surface area (Å²) in [6, 6.07) is 1.66. The topological polar surface area (TPSA) is 112 Å². The third kappa shape index (κ3) is 4.33. The predicted molar refractivity (Wildman–Crippen MR) is 112 cm³/mol. The zero-order chi connectivity index (χ0) is 21.3. The van der Waals surface area contributed by atoms with Crippen LogP contribution in [0.2, 0.25) is 0 Å². The van der Waals surface area contributed by atoms with E-state index in [9.17, 15) is 13.2 Å². The average Bonchev–Trinajstić information content (AvgIpc) is 3.28. The van der Waals surface area contributed by atoms with Crippen molar-refractivity contribution < 1.29 is 13.2 Å². The van der Waals surface area contributed by atoms with Gasteiger partial charge in [-0.2, -0.15) is 5.10 Å². The van der Waals surface area contributed by atoms with E-state index in [1.807, 2.05) is 0 Å². The second kappa shape index (κ2) is 8.33. The Morgan fingerprint density at radius 3 is 2.43 bits per heavy atom. The van der Waals surface area contributed by atoms with Gasteiger partial charge in [-0.1, -0.05) is 6.92 Å². The van der Waals surface area contributed by atoms with Gasteiger partial charge in [-0.25, -0.2) is 18.4 Å². The third-order valence-electron chi connectivity index (χ3n) is 6.14.